The molecule has 1 aromatic carbocycles. The van der Waals surface area contributed by atoms with Gasteiger partial charge in [0.15, 0.2) is 0 Å². The van der Waals surface area contributed by atoms with Gasteiger partial charge >= 0.3 is 0 Å². The molecule has 0 amide bonds. The van der Waals surface area contributed by atoms with Crippen LogP contribution in [0, 0.1) is 0 Å². The SMILES string of the molecule is CSCCOc1ccc(Br)cc1CN. The Morgan fingerprint density at radius 2 is 2.29 bits per heavy atom. The molecule has 14 heavy (non-hydrogen) atoms. The van der Waals surface area contributed by atoms with Gasteiger partial charge < -0.3 is 10.5 Å². The summed E-state index contributed by atoms with van der Waals surface area (Å²) in [7, 11) is 0. The smallest absolute Gasteiger partial charge is 0.123 e. The Balaban J connectivity index is 2.65. The third-order valence-corrected chi connectivity index (χ3v) is 2.86. The normalized spacial score (nSPS) is 10.2. The minimum absolute atomic E-state index is 0.508. The van der Waals surface area contributed by atoms with E-state index in [1.165, 1.54) is 0 Å². The summed E-state index contributed by atoms with van der Waals surface area (Å²) >= 11 is 5.18. The third kappa shape index (κ3) is 3.52. The Labute approximate surface area is 97.3 Å². The van der Waals surface area contributed by atoms with Crippen LogP contribution in [0.2, 0.25) is 0 Å². The number of hydrogen-bond donors (Lipinski definition) is 1. The Kier molecular flexibility index (Phi) is 5.37. The Morgan fingerprint density at radius 1 is 1.50 bits per heavy atom. The van der Waals surface area contributed by atoms with Crippen molar-refractivity contribution in [2.75, 3.05) is 18.6 Å². The lowest BCUT2D eigenvalue weighted by atomic mass is 10.2. The number of benzene rings is 1. The molecule has 78 valence electrons. The fourth-order valence-electron chi connectivity index (χ4n) is 1.08. The van der Waals surface area contributed by atoms with Gasteiger partial charge in [-0.25, -0.2) is 0 Å². The molecule has 0 spiro atoms. The predicted octanol–water partition coefficient (Wildman–Crippen LogP) is 2.65. The van der Waals surface area contributed by atoms with Gasteiger partial charge in [-0.2, -0.15) is 11.8 Å². The van der Waals surface area contributed by atoms with Crippen LogP contribution in [0.15, 0.2) is 22.7 Å². The number of ether oxygens (including phenoxy) is 1. The van der Waals surface area contributed by atoms with E-state index in [-0.39, 0.29) is 0 Å². The fourth-order valence-corrected chi connectivity index (χ4v) is 1.74. The first-order valence-electron chi connectivity index (χ1n) is 4.38. The van der Waals surface area contributed by atoms with Crippen molar-refractivity contribution >= 4 is 27.7 Å². The number of hydrogen-bond acceptors (Lipinski definition) is 3. The summed E-state index contributed by atoms with van der Waals surface area (Å²) in [6.07, 6.45) is 2.06. The van der Waals surface area contributed by atoms with E-state index in [1.807, 2.05) is 18.2 Å². The van der Waals surface area contributed by atoms with Crippen LogP contribution in [0.4, 0.5) is 0 Å². The molecule has 0 atom stereocenters. The molecular formula is C10H14BrNOS. The fraction of sp³-hybridized carbons (Fsp3) is 0.400. The highest BCUT2D eigenvalue weighted by molar-refractivity contribution is 9.10. The van der Waals surface area contributed by atoms with E-state index in [4.69, 9.17) is 10.5 Å². The van der Waals surface area contributed by atoms with Crippen LogP contribution in [0.1, 0.15) is 5.56 Å². The van der Waals surface area contributed by atoms with E-state index >= 15 is 0 Å². The van der Waals surface area contributed by atoms with Crippen molar-refractivity contribution in [2.45, 2.75) is 6.54 Å². The van der Waals surface area contributed by atoms with Gasteiger partial charge in [0.2, 0.25) is 0 Å². The van der Waals surface area contributed by atoms with Gasteiger partial charge in [0, 0.05) is 22.3 Å². The lowest BCUT2D eigenvalue weighted by Crippen LogP contribution is -2.05. The zero-order valence-corrected chi connectivity index (χ0v) is 10.5. The van der Waals surface area contributed by atoms with Gasteiger partial charge in [0.25, 0.3) is 0 Å². The van der Waals surface area contributed by atoms with Crippen LogP contribution in [0.3, 0.4) is 0 Å². The molecule has 1 rings (SSSR count). The van der Waals surface area contributed by atoms with E-state index in [2.05, 4.69) is 22.2 Å². The first-order valence-corrected chi connectivity index (χ1v) is 6.57. The molecule has 0 aliphatic carbocycles. The van der Waals surface area contributed by atoms with E-state index in [9.17, 15) is 0 Å². The zero-order valence-electron chi connectivity index (χ0n) is 8.13. The highest BCUT2D eigenvalue weighted by Gasteiger charge is 2.02. The average molecular weight is 276 g/mol. The molecule has 0 saturated heterocycles. The van der Waals surface area contributed by atoms with Crippen molar-refractivity contribution in [1.82, 2.24) is 0 Å². The van der Waals surface area contributed by atoms with Crippen LogP contribution >= 0.6 is 27.7 Å². The van der Waals surface area contributed by atoms with Crippen molar-refractivity contribution in [3.05, 3.63) is 28.2 Å². The molecular weight excluding hydrogens is 262 g/mol. The minimum atomic E-state index is 0.508. The molecule has 0 fully saturated rings. The minimum Gasteiger partial charge on any atom is -0.492 e. The predicted molar refractivity (Wildman–Crippen MR) is 65.9 cm³/mol. The molecule has 0 aromatic heterocycles. The second-order valence-corrected chi connectivity index (χ2v) is 4.70. The standard InChI is InChI=1S/C10H14BrNOS/c1-14-5-4-13-10-3-2-9(11)6-8(10)7-12/h2-3,6H,4-5,7,12H2,1H3. The summed E-state index contributed by atoms with van der Waals surface area (Å²) in [5, 5.41) is 0. The van der Waals surface area contributed by atoms with Gasteiger partial charge in [0.05, 0.1) is 6.61 Å². The number of halogens is 1. The molecule has 1 aromatic rings. The van der Waals surface area contributed by atoms with Crippen molar-refractivity contribution < 1.29 is 4.74 Å². The van der Waals surface area contributed by atoms with Crippen molar-refractivity contribution in [2.24, 2.45) is 5.73 Å². The van der Waals surface area contributed by atoms with Gasteiger partial charge in [-0.15, -0.1) is 0 Å². The maximum absolute atomic E-state index is 5.62. The zero-order chi connectivity index (χ0) is 10.4. The molecule has 0 heterocycles. The van der Waals surface area contributed by atoms with Gasteiger partial charge in [0.1, 0.15) is 5.75 Å². The summed E-state index contributed by atoms with van der Waals surface area (Å²) in [5.74, 6) is 1.89. The summed E-state index contributed by atoms with van der Waals surface area (Å²) < 4.78 is 6.64. The quantitative estimate of drug-likeness (QED) is 0.840. The van der Waals surface area contributed by atoms with E-state index < -0.39 is 0 Å². The van der Waals surface area contributed by atoms with Crippen molar-refractivity contribution in [3.8, 4) is 5.75 Å². The molecule has 0 unspecified atom stereocenters. The van der Waals surface area contributed by atoms with Crippen LogP contribution in [-0.2, 0) is 6.54 Å². The first kappa shape index (κ1) is 11.9. The maximum atomic E-state index is 5.62. The summed E-state index contributed by atoms with van der Waals surface area (Å²) in [6.45, 7) is 1.24. The van der Waals surface area contributed by atoms with E-state index in [1.54, 1.807) is 11.8 Å². The lowest BCUT2D eigenvalue weighted by molar-refractivity contribution is 0.340. The van der Waals surface area contributed by atoms with Crippen molar-refractivity contribution in [3.63, 3.8) is 0 Å². The van der Waals surface area contributed by atoms with Crippen LogP contribution in [0.25, 0.3) is 0 Å². The second kappa shape index (κ2) is 6.32. The highest BCUT2D eigenvalue weighted by atomic mass is 79.9. The monoisotopic (exact) mass is 275 g/mol. The molecule has 2 N–H and O–H groups in total. The third-order valence-electron chi connectivity index (χ3n) is 1.79. The highest BCUT2D eigenvalue weighted by Crippen LogP contribution is 2.22. The summed E-state index contributed by atoms with van der Waals surface area (Å²) in [4.78, 5) is 0. The number of rotatable bonds is 5. The number of nitrogens with two attached hydrogens (primary N) is 1. The average Bonchev–Trinajstić information content (AvgIpc) is 2.20. The molecule has 4 heteroatoms. The Bertz CT molecular complexity index is 293. The van der Waals surface area contributed by atoms with Crippen molar-refractivity contribution in [1.29, 1.82) is 0 Å². The Hall–Kier alpha value is -0.190. The van der Waals surface area contributed by atoms with Gasteiger partial charge in [-0.3, -0.25) is 0 Å². The molecule has 0 aliphatic rings. The van der Waals surface area contributed by atoms with Gasteiger partial charge in [-0.1, -0.05) is 15.9 Å². The van der Waals surface area contributed by atoms with Crippen LogP contribution in [-0.4, -0.2) is 18.6 Å². The second-order valence-electron chi connectivity index (χ2n) is 2.80. The molecule has 0 aliphatic heterocycles. The van der Waals surface area contributed by atoms with Crippen LogP contribution in [0.5, 0.6) is 5.75 Å². The number of thioether (sulfide) groups is 1. The van der Waals surface area contributed by atoms with Gasteiger partial charge in [-0.05, 0) is 24.5 Å². The summed E-state index contributed by atoms with van der Waals surface area (Å²) in [6, 6.07) is 5.91. The first-order chi connectivity index (χ1) is 6.77. The Morgan fingerprint density at radius 3 is 2.93 bits per heavy atom. The maximum Gasteiger partial charge on any atom is 0.123 e. The lowest BCUT2D eigenvalue weighted by Gasteiger charge is -2.09. The molecule has 2 nitrogen and oxygen atoms in total. The molecule has 0 bridgehead atoms. The summed E-state index contributed by atoms with van der Waals surface area (Å²) in [5.41, 5.74) is 6.66. The molecule has 0 saturated carbocycles. The molecule has 0 radical (unpaired) electrons. The topological polar surface area (TPSA) is 35.2 Å². The van der Waals surface area contributed by atoms with E-state index in [0.717, 1.165) is 28.1 Å². The largest absolute Gasteiger partial charge is 0.492 e. The van der Waals surface area contributed by atoms with E-state index in [0.29, 0.717) is 6.54 Å². The van der Waals surface area contributed by atoms with Crippen LogP contribution < -0.4 is 10.5 Å².